The molecule has 0 amide bonds. The second-order valence-corrected chi connectivity index (χ2v) is 4.23. The fraction of sp³-hybridized carbons (Fsp3) is 0.500. The van der Waals surface area contributed by atoms with Crippen LogP contribution in [0.4, 0.5) is 5.69 Å². The molecular formula is C12H18N2O. The minimum Gasteiger partial charge on any atom is -0.508 e. The zero-order chi connectivity index (χ0) is 11.0. The highest BCUT2D eigenvalue weighted by molar-refractivity contribution is 5.63. The number of fused-ring (bicyclic) bond motifs is 1. The Morgan fingerprint density at radius 2 is 2.27 bits per heavy atom. The largest absolute Gasteiger partial charge is 0.508 e. The molecule has 0 fully saturated rings. The smallest absolute Gasteiger partial charge is 0.120 e. The van der Waals surface area contributed by atoms with E-state index in [1.54, 1.807) is 6.07 Å². The van der Waals surface area contributed by atoms with Crippen LogP contribution in [-0.2, 0) is 6.42 Å². The van der Waals surface area contributed by atoms with Crippen molar-refractivity contribution in [1.29, 1.82) is 0 Å². The van der Waals surface area contributed by atoms with Gasteiger partial charge in [0.25, 0.3) is 0 Å². The topological polar surface area (TPSA) is 35.5 Å². The Hall–Kier alpha value is -1.22. The van der Waals surface area contributed by atoms with E-state index in [0.717, 1.165) is 17.7 Å². The van der Waals surface area contributed by atoms with E-state index in [0.29, 0.717) is 17.8 Å². The van der Waals surface area contributed by atoms with Gasteiger partial charge in [-0.15, -0.1) is 0 Å². The van der Waals surface area contributed by atoms with Crippen LogP contribution in [0.15, 0.2) is 18.2 Å². The van der Waals surface area contributed by atoms with Crippen LogP contribution in [0, 0.1) is 0 Å². The zero-order valence-corrected chi connectivity index (χ0v) is 9.49. The van der Waals surface area contributed by atoms with E-state index < -0.39 is 0 Å². The maximum atomic E-state index is 9.77. The fourth-order valence-corrected chi connectivity index (χ4v) is 2.33. The van der Waals surface area contributed by atoms with Gasteiger partial charge in [-0.05, 0) is 32.5 Å². The van der Waals surface area contributed by atoms with Gasteiger partial charge >= 0.3 is 0 Å². The zero-order valence-electron chi connectivity index (χ0n) is 9.49. The standard InChI is InChI=1S/C12H18N2O/c1-8(13-2)11-7-9-10(14(11)3)5-4-6-12(9)15/h4-6,8,11,13,15H,7H2,1-3H3. The highest BCUT2D eigenvalue weighted by Gasteiger charge is 2.31. The first-order valence-corrected chi connectivity index (χ1v) is 5.36. The van der Waals surface area contributed by atoms with E-state index in [1.807, 2.05) is 13.1 Å². The number of benzene rings is 1. The van der Waals surface area contributed by atoms with Crippen LogP contribution in [0.3, 0.4) is 0 Å². The van der Waals surface area contributed by atoms with Gasteiger partial charge in [0.05, 0.1) is 0 Å². The van der Waals surface area contributed by atoms with Crippen molar-refractivity contribution in [1.82, 2.24) is 5.32 Å². The molecular weight excluding hydrogens is 188 g/mol. The quantitative estimate of drug-likeness (QED) is 0.767. The summed E-state index contributed by atoms with van der Waals surface area (Å²) in [6, 6.07) is 6.58. The van der Waals surface area contributed by atoms with Gasteiger partial charge in [0.2, 0.25) is 0 Å². The molecule has 1 aromatic rings. The number of hydrogen-bond acceptors (Lipinski definition) is 3. The highest BCUT2D eigenvalue weighted by Crippen LogP contribution is 2.37. The second kappa shape index (κ2) is 3.74. The third-order valence-corrected chi connectivity index (χ3v) is 3.45. The predicted molar refractivity (Wildman–Crippen MR) is 62.5 cm³/mol. The summed E-state index contributed by atoms with van der Waals surface area (Å²) in [4.78, 5) is 2.25. The summed E-state index contributed by atoms with van der Waals surface area (Å²) in [7, 11) is 4.06. The monoisotopic (exact) mass is 206 g/mol. The Balaban J connectivity index is 2.33. The molecule has 0 saturated carbocycles. The van der Waals surface area contributed by atoms with Crippen molar-refractivity contribution in [2.24, 2.45) is 0 Å². The molecule has 2 unspecified atom stereocenters. The number of phenols is 1. The Kier molecular flexibility index (Phi) is 2.57. The lowest BCUT2D eigenvalue weighted by molar-refractivity contribution is 0.459. The molecule has 0 radical (unpaired) electrons. The Bertz CT molecular complexity index is 365. The summed E-state index contributed by atoms with van der Waals surface area (Å²) in [6.07, 6.45) is 0.917. The molecule has 1 aliphatic heterocycles. The molecule has 0 saturated heterocycles. The molecule has 1 aromatic carbocycles. The molecule has 82 valence electrons. The second-order valence-electron chi connectivity index (χ2n) is 4.23. The summed E-state index contributed by atoms with van der Waals surface area (Å²) in [5.74, 6) is 0.421. The van der Waals surface area contributed by atoms with Crippen LogP contribution in [0.5, 0.6) is 5.75 Å². The average Bonchev–Trinajstić information content (AvgIpc) is 2.57. The summed E-state index contributed by atoms with van der Waals surface area (Å²) < 4.78 is 0. The summed E-state index contributed by atoms with van der Waals surface area (Å²) >= 11 is 0. The van der Waals surface area contributed by atoms with E-state index >= 15 is 0 Å². The fourth-order valence-electron chi connectivity index (χ4n) is 2.33. The highest BCUT2D eigenvalue weighted by atomic mass is 16.3. The van der Waals surface area contributed by atoms with Gasteiger partial charge in [0, 0.05) is 30.4 Å². The number of aromatic hydroxyl groups is 1. The summed E-state index contributed by atoms with van der Waals surface area (Å²) in [6.45, 7) is 2.17. The van der Waals surface area contributed by atoms with Gasteiger partial charge in [-0.2, -0.15) is 0 Å². The van der Waals surface area contributed by atoms with E-state index in [-0.39, 0.29) is 0 Å². The first-order valence-electron chi connectivity index (χ1n) is 5.36. The number of rotatable bonds is 2. The average molecular weight is 206 g/mol. The molecule has 15 heavy (non-hydrogen) atoms. The van der Waals surface area contributed by atoms with Crippen LogP contribution in [-0.4, -0.2) is 31.3 Å². The van der Waals surface area contributed by atoms with Gasteiger partial charge in [-0.1, -0.05) is 6.07 Å². The van der Waals surface area contributed by atoms with Crippen molar-refractivity contribution in [2.75, 3.05) is 19.0 Å². The van der Waals surface area contributed by atoms with E-state index in [2.05, 4.69) is 30.3 Å². The van der Waals surface area contributed by atoms with E-state index in [1.165, 1.54) is 0 Å². The van der Waals surface area contributed by atoms with Crippen molar-refractivity contribution < 1.29 is 5.11 Å². The number of phenolic OH excluding ortho intramolecular Hbond substituents is 1. The van der Waals surface area contributed by atoms with Gasteiger partial charge in [-0.3, -0.25) is 0 Å². The van der Waals surface area contributed by atoms with Crippen molar-refractivity contribution in [3.63, 3.8) is 0 Å². The SMILES string of the molecule is CNC(C)C1Cc2c(O)cccc2N1C. The Morgan fingerprint density at radius 3 is 2.87 bits per heavy atom. The predicted octanol–water partition coefficient (Wildman–Crippen LogP) is 1.36. The molecule has 3 heteroatoms. The number of anilines is 1. The summed E-state index contributed by atoms with van der Waals surface area (Å²) in [5.41, 5.74) is 2.23. The molecule has 2 atom stereocenters. The van der Waals surface area contributed by atoms with Gasteiger partial charge in [-0.25, -0.2) is 0 Å². The first-order chi connectivity index (χ1) is 7.15. The molecule has 2 rings (SSSR count). The third kappa shape index (κ3) is 1.57. The molecule has 2 N–H and O–H groups in total. The van der Waals surface area contributed by atoms with Gasteiger partial charge in [0.15, 0.2) is 0 Å². The minimum absolute atomic E-state index is 0.418. The number of nitrogens with zero attached hydrogens (tertiary/aromatic N) is 1. The third-order valence-electron chi connectivity index (χ3n) is 3.45. The van der Waals surface area contributed by atoms with Crippen LogP contribution in [0.2, 0.25) is 0 Å². The maximum absolute atomic E-state index is 9.77. The lowest BCUT2D eigenvalue weighted by atomic mass is 10.0. The first kappa shape index (κ1) is 10.3. The van der Waals surface area contributed by atoms with Crippen molar-refractivity contribution in [3.05, 3.63) is 23.8 Å². The van der Waals surface area contributed by atoms with Crippen LogP contribution in [0.1, 0.15) is 12.5 Å². The Morgan fingerprint density at radius 1 is 1.53 bits per heavy atom. The van der Waals surface area contributed by atoms with Gasteiger partial charge < -0.3 is 15.3 Å². The van der Waals surface area contributed by atoms with E-state index in [4.69, 9.17) is 0 Å². The Labute approximate surface area is 90.7 Å². The van der Waals surface area contributed by atoms with Crippen molar-refractivity contribution in [3.8, 4) is 5.75 Å². The minimum atomic E-state index is 0.418. The lowest BCUT2D eigenvalue weighted by Gasteiger charge is -2.27. The molecule has 1 heterocycles. The van der Waals surface area contributed by atoms with Crippen molar-refractivity contribution >= 4 is 5.69 Å². The van der Waals surface area contributed by atoms with Gasteiger partial charge in [0.1, 0.15) is 5.75 Å². The number of likely N-dealkylation sites (N-methyl/N-ethyl adjacent to an activating group) is 2. The van der Waals surface area contributed by atoms with E-state index in [9.17, 15) is 5.11 Å². The number of hydrogen-bond donors (Lipinski definition) is 2. The molecule has 0 aromatic heterocycles. The molecule has 3 nitrogen and oxygen atoms in total. The summed E-state index contributed by atoms with van der Waals surface area (Å²) in [5, 5.41) is 13.0. The normalized spacial score (nSPS) is 21.5. The molecule has 0 spiro atoms. The van der Waals surface area contributed by atoms with Crippen molar-refractivity contribution in [2.45, 2.75) is 25.4 Å². The maximum Gasteiger partial charge on any atom is 0.120 e. The van der Waals surface area contributed by atoms with Crippen LogP contribution >= 0.6 is 0 Å². The van der Waals surface area contributed by atoms with Crippen LogP contribution < -0.4 is 10.2 Å². The lowest BCUT2D eigenvalue weighted by Crippen LogP contribution is -2.44. The molecule has 1 aliphatic rings. The van der Waals surface area contributed by atoms with Crippen LogP contribution in [0.25, 0.3) is 0 Å². The number of nitrogens with one attached hydrogen (secondary N) is 1. The molecule has 0 bridgehead atoms. The molecule has 0 aliphatic carbocycles.